The van der Waals surface area contributed by atoms with Crippen LogP contribution < -0.4 is 10.1 Å². The van der Waals surface area contributed by atoms with E-state index >= 15 is 0 Å². The third-order valence-electron chi connectivity index (χ3n) is 2.90. The zero-order chi connectivity index (χ0) is 14.4. The number of nitrogens with zero attached hydrogens (tertiary/aromatic N) is 2. The van der Waals surface area contributed by atoms with Gasteiger partial charge in [0.2, 0.25) is 5.13 Å². The molecule has 0 saturated carbocycles. The van der Waals surface area contributed by atoms with Crippen molar-refractivity contribution in [3.05, 3.63) is 34.8 Å². The number of nitrogens with one attached hydrogen (secondary N) is 1. The molecule has 0 bridgehead atoms. The lowest BCUT2D eigenvalue weighted by molar-refractivity contribution is 0.304. The molecule has 5 heteroatoms. The predicted octanol–water partition coefficient (Wildman–Crippen LogP) is 4.06. The molecule has 0 fully saturated rings. The third kappa shape index (κ3) is 4.20. The molecule has 1 aromatic heterocycles. The van der Waals surface area contributed by atoms with Gasteiger partial charge in [-0.05, 0) is 30.0 Å². The molecule has 1 N–H and O–H groups in total. The lowest BCUT2D eigenvalue weighted by Crippen LogP contribution is -1.98. The Balaban J connectivity index is 1.86. The van der Waals surface area contributed by atoms with Crippen molar-refractivity contribution in [2.45, 2.75) is 39.7 Å². The van der Waals surface area contributed by atoms with Crippen LogP contribution >= 0.6 is 11.3 Å². The number of ether oxygens (including phenoxy) is 1. The van der Waals surface area contributed by atoms with Gasteiger partial charge in [-0.25, -0.2) is 0 Å². The van der Waals surface area contributed by atoms with E-state index in [9.17, 15) is 0 Å². The van der Waals surface area contributed by atoms with Crippen LogP contribution in [-0.4, -0.2) is 16.7 Å². The van der Waals surface area contributed by atoms with Gasteiger partial charge in [0, 0.05) is 6.54 Å². The lowest BCUT2D eigenvalue weighted by Gasteiger charge is -2.07. The Morgan fingerprint density at radius 3 is 2.60 bits per heavy atom. The molecule has 0 radical (unpaired) electrons. The Morgan fingerprint density at radius 1 is 1.20 bits per heavy atom. The topological polar surface area (TPSA) is 47.0 Å². The van der Waals surface area contributed by atoms with E-state index in [1.54, 1.807) is 11.3 Å². The van der Waals surface area contributed by atoms with Crippen LogP contribution in [0, 0.1) is 0 Å². The second-order valence-electron chi connectivity index (χ2n) is 4.94. The maximum Gasteiger partial charge on any atom is 0.205 e. The van der Waals surface area contributed by atoms with Gasteiger partial charge in [0.25, 0.3) is 0 Å². The van der Waals surface area contributed by atoms with Crippen molar-refractivity contribution in [1.29, 1.82) is 0 Å². The van der Waals surface area contributed by atoms with Gasteiger partial charge in [0.1, 0.15) is 12.4 Å². The van der Waals surface area contributed by atoms with E-state index in [4.69, 9.17) is 4.74 Å². The molecule has 2 rings (SSSR count). The second-order valence-corrected chi connectivity index (χ2v) is 6.00. The summed E-state index contributed by atoms with van der Waals surface area (Å²) >= 11 is 1.54. The Morgan fingerprint density at radius 2 is 1.95 bits per heavy atom. The number of aromatic nitrogens is 2. The van der Waals surface area contributed by atoms with Crippen LogP contribution in [-0.2, 0) is 6.61 Å². The lowest BCUT2D eigenvalue weighted by atomic mass is 10.0. The molecular formula is C15H21N3OS. The number of rotatable bonds is 7. The molecule has 1 aromatic carbocycles. The molecule has 0 aliphatic heterocycles. The van der Waals surface area contributed by atoms with E-state index in [2.05, 4.69) is 48.4 Å². The van der Waals surface area contributed by atoms with E-state index in [1.165, 1.54) is 5.56 Å². The quantitative estimate of drug-likeness (QED) is 0.835. The third-order valence-corrected chi connectivity index (χ3v) is 3.76. The van der Waals surface area contributed by atoms with Gasteiger partial charge < -0.3 is 10.1 Å². The van der Waals surface area contributed by atoms with E-state index in [0.717, 1.165) is 28.9 Å². The van der Waals surface area contributed by atoms with Gasteiger partial charge in [-0.2, -0.15) is 0 Å². The highest BCUT2D eigenvalue weighted by atomic mass is 32.1. The summed E-state index contributed by atoms with van der Waals surface area (Å²) in [5, 5.41) is 13.2. The summed E-state index contributed by atoms with van der Waals surface area (Å²) in [5.74, 6) is 1.41. The van der Waals surface area contributed by atoms with Gasteiger partial charge in [0.05, 0.1) is 0 Å². The van der Waals surface area contributed by atoms with Crippen LogP contribution in [0.5, 0.6) is 5.75 Å². The highest BCUT2D eigenvalue weighted by Gasteiger charge is 2.05. The van der Waals surface area contributed by atoms with Gasteiger partial charge in [0.15, 0.2) is 5.01 Å². The fraction of sp³-hybridized carbons (Fsp3) is 0.467. The van der Waals surface area contributed by atoms with Crippen LogP contribution in [0.1, 0.15) is 43.7 Å². The monoisotopic (exact) mass is 291 g/mol. The van der Waals surface area contributed by atoms with Crippen LogP contribution in [0.2, 0.25) is 0 Å². The zero-order valence-corrected chi connectivity index (χ0v) is 13.0. The SMILES string of the molecule is CCCNc1nnc(COc2ccc(C(C)C)cc2)s1. The molecule has 0 amide bonds. The molecule has 0 spiro atoms. The zero-order valence-electron chi connectivity index (χ0n) is 12.2. The van der Waals surface area contributed by atoms with Crippen LogP contribution in [0.3, 0.4) is 0 Å². The molecule has 0 unspecified atom stereocenters. The van der Waals surface area contributed by atoms with Crippen LogP contribution in [0.4, 0.5) is 5.13 Å². The second kappa shape index (κ2) is 7.24. The Bertz CT molecular complexity index is 522. The maximum atomic E-state index is 5.72. The smallest absolute Gasteiger partial charge is 0.205 e. The highest BCUT2D eigenvalue weighted by molar-refractivity contribution is 7.15. The highest BCUT2D eigenvalue weighted by Crippen LogP contribution is 2.21. The van der Waals surface area contributed by atoms with E-state index < -0.39 is 0 Å². The largest absolute Gasteiger partial charge is 0.486 e. The standard InChI is InChI=1S/C15H21N3OS/c1-4-9-16-15-18-17-14(20-15)10-19-13-7-5-12(6-8-13)11(2)3/h5-8,11H,4,9-10H2,1-3H3,(H,16,18). The van der Waals surface area contributed by atoms with Crippen molar-refractivity contribution in [2.75, 3.05) is 11.9 Å². The first kappa shape index (κ1) is 14.8. The van der Waals surface area contributed by atoms with Gasteiger partial charge in [-0.1, -0.05) is 44.2 Å². The molecule has 1 heterocycles. The van der Waals surface area contributed by atoms with Gasteiger partial charge in [-0.15, -0.1) is 10.2 Å². The van der Waals surface area contributed by atoms with Crippen molar-refractivity contribution < 1.29 is 4.74 Å². The molecule has 108 valence electrons. The first-order chi connectivity index (χ1) is 9.69. The molecule has 0 saturated heterocycles. The van der Waals surface area contributed by atoms with Crippen molar-refractivity contribution in [3.8, 4) is 5.75 Å². The first-order valence-corrected chi connectivity index (χ1v) is 7.79. The average molecular weight is 291 g/mol. The minimum absolute atomic E-state index is 0.465. The molecule has 2 aromatic rings. The van der Waals surface area contributed by atoms with E-state index in [-0.39, 0.29) is 0 Å². The number of hydrogen-bond acceptors (Lipinski definition) is 5. The summed E-state index contributed by atoms with van der Waals surface area (Å²) < 4.78 is 5.72. The Labute approximate surface area is 124 Å². The summed E-state index contributed by atoms with van der Waals surface area (Å²) in [6, 6.07) is 8.22. The number of hydrogen-bond donors (Lipinski definition) is 1. The van der Waals surface area contributed by atoms with Crippen molar-refractivity contribution in [1.82, 2.24) is 10.2 Å². The normalized spacial score (nSPS) is 10.8. The van der Waals surface area contributed by atoms with Crippen molar-refractivity contribution in [3.63, 3.8) is 0 Å². The summed E-state index contributed by atoms with van der Waals surface area (Å²) in [5.41, 5.74) is 1.32. The number of benzene rings is 1. The summed E-state index contributed by atoms with van der Waals surface area (Å²) in [7, 11) is 0. The minimum Gasteiger partial charge on any atom is -0.486 e. The van der Waals surface area contributed by atoms with Crippen LogP contribution in [0.15, 0.2) is 24.3 Å². The maximum absolute atomic E-state index is 5.72. The van der Waals surface area contributed by atoms with Gasteiger partial charge >= 0.3 is 0 Å². The van der Waals surface area contributed by atoms with E-state index in [0.29, 0.717) is 12.5 Å². The Hall–Kier alpha value is -1.62. The minimum atomic E-state index is 0.465. The van der Waals surface area contributed by atoms with Gasteiger partial charge in [-0.3, -0.25) is 0 Å². The molecule has 0 atom stereocenters. The molecular weight excluding hydrogens is 270 g/mol. The number of anilines is 1. The summed E-state index contributed by atoms with van der Waals surface area (Å²) in [6.07, 6.45) is 1.08. The summed E-state index contributed by atoms with van der Waals surface area (Å²) in [4.78, 5) is 0. The fourth-order valence-corrected chi connectivity index (χ4v) is 2.39. The van der Waals surface area contributed by atoms with Crippen molar-refractivity contribution in [2.24, 2.45) is 0 Å². The summed E-state index contributed by atoms with van der Waals surface area (Å²) in [6.45, 7) is 7.88. The Kier molecular flexibility index (Phi) is 5.35. The molecule has 20 heavy (non-hydrogen) atoms. The van der Waals surface area contributed by atoms with Crippen LogP contribution in [0.25, 0.3) is 0 Å². The molecule has 0 aliphatic carbocycles. The van der Waals surface area contributed by atoms with Crippen molar-refractivity contribution >= 4 is 16.5 Å². The van der Waals surface area contributed by atoms with E-state index in [1.807, 2.05) is 12.1 Å². The average Bonchev–Trinajstić information content (AvgIpc) is 2.91. The molecule has 4 nitrogen and oxygen atoms in total. The first-order valence-electron chi connectivity index (χ1n) is 6.98. The molecule has 0 aliphatic rings. The predicted molar refractivity (Wildman–Crippen MR) is 83.6 cm³/mol. The fourth-order valence-electron chi connectivity index (χ4n) is 1.71.